The summed E-state index contributed by atoms with van der Waals surface area (Å²) in [5.74, 6) is 0.228. The van der Waals surface area contributed by atoms with E-state index in [1.807, 2.05) is 0 Å². The molecule has 11 heteroatoms. The number of fused-ring (bicyclic) bond motifs is 3. The lowest BCUT2D eigenvalue weighted by Gasteiger charge is -2.27. The van der Waals surface area contributed by atoms with Crippen molar-refractivity contribution in [2.24, 2.45) is 0 Å². The first-order valence-corrected chi connectivity index (χ1v) is 9.40. The van der Waals surface area contributed by atoms with Crippen molar-refractivity contribution in [1.82, 2.24) is 30.1 Å². The molecule has 1 fully saturated rings. The predicted molar refractivity (Wildman–Crippen MR) is 103 cm³/mol. The summed E-state index contributed by atoms with van der Waals surface area (Å²) in [6.45, 7) is 0.767. The Morgan fingerprint density at radius 3 is 2.87 bits per heavy atom. The number of pyridine rings is 2. The third-order valence-electron chi connectivity index (χ3n) is 5.16. The number of anilines is 1. The number of alkyl halides is 4. The highest BCUT2D eigenvalue weighted by Gasteiger charge is 2.36. The van der Waals surface area contributed by atoms with Gasteiger partial charge in [0, 0.05) is 43.5 Å². The molecular weight excluding hydrogens is 402 g/mol. The number of nitrogens with zero attached hydrogens (tertiary/aromatic N) is 4. The molecule has 0 radical (unpaired) electrons. The number of aromatic amines is 1. The monoisotopic (exact) mass is 419 g/mol. The van der Waals surface area contributed by atoms with Gasteiger partial charge in [0.25, 0.3) is 0 Å². The van der Waals surface area contributed by atoms with Crippen LogP contribution >= 0.6 is 0 Å². The zero-order valence-electron chi connectivity index (χ0n) is 15.5. The molecule has 0 saturated carbocycles. The highest BCUT2D eigenvalue weighted by Crippen LogP contribution is 2.40. The Bertz CT molecular complexity index is 1210. The van der Waals surface area contributed by atoms with Crippen LogP contribution in [0.15, 0.2) is 36.7 Å². The summed E-state index contributed by atoms with van der Waals surface area (Å²) in [7, 11) is 0. The zero-order valence-corrected chi connectivity index (χ0v) is 15.5. The van der Waals surface area contributed by atoms with Crippen LogP contribution in [0.1, 0.15) is 12.0 Å². The molecular formula is C19H17F4N7. The molecule has 0 amide bonds. The summed E-state index contributed by atoms with van der Waals surface area (Å²) in [6.07, 6.45) is -2.89. The van der Waals surface area contributed by atoms with Crippen molar-refractivity contribution in [1.29, 1.82) is 0 Å². The van der Waals surface area contributed by atoms with Crippen molar-refractivity contribution < 1.29 is 17.6 Å². The maximum Gasteiger partial charge on any atom is 0.418 e. The van der Waals surface area contributed by atoms with Crippen molar-refractivity contribution in [2.75, 3.05) is 18.4 Å². The van der Waals surface area contributed by atoms with Crippen LogP contribution in [0.25, 0.3) is 27.8 Å². The fraction of sp³-hybridized carbons (Fsp3) is 0.316. The van der Waals surface area contributed by atoms with E-state index in [1.165, 1.54) is 6.07 Å². The van der Waals surface area contributed by atoms with Gasteiger partial charge in [-0.2, -0.15) is 18.3 Å². The number of piperidine rings is 1. The van der Waals surface area contributed by atoms with E-state index in [2.05, 4.69) is 30.9 Å². The Hall–Kier alpha value is -3.21. The van der Waals surface area contributed by atoms with Gasteiger partial charge in [-0.25, -0.2) is 13.9 Å². The van der Waals surface area contributed by atoms with Crippen LogP contribution in [0.3, 0.4) is 0 Å². The summed E-state index contributed by atoms with van der Waals surface area (Å²) < 4.78 is 56.5. The first-order valence-electron chi connectivity index (χ1n) is 9.40. The molecule has 156 valence electrons. The van der Waals surface area contributed by atoms with Crippen LogP contribution in [0, 0.1) is 0 Å². The summed E-state index contributed by atoms with van der Waals surface area (Å²) in [4.78, 5) is 3.92. The lowest BCUT2D eigenvalue weighted by Crippen LogP contribution is -2.44. The van der Waals surface area contributed by atoms with Crippen LogP contribution in [-0.4, -0.2) is 50.1 Å². The van der Waals surface area contributed by atoms with Crippen LogP contribution in [-0.2, 0) is 6.18 Å². The minimum Gasteiger partial charge on any atom is -0.366 e. The van der Waals surface area contributed by atoms with Crippen molar-refractivity contribution in [3.8, 4) is 11.3 Å². The second-order valence-electron chi connectivity index (χ2n) is 7.27. The zero-order chi connectivity index (χ0) is 20.9. The van der Waals surface area contributed by atoms with Gasteiger partial charge in [0.1, 0.15) is 17.7 Å². The first kappa shape index (κ1) is 18.8. The van der Waals surface area contributed by atoms with E-state index in [0.717, 1.165) is 6.20 Å². The Kier molecular flexibility index (Phi) is 4.35. The molecule has 4 aromatic heterocycles. The summed E-state index contributed by atoms with van der Waals surface area (Å²) in [5, 5.41) is 17.6. The second kappa shape index (κ2) is 6.94. The highest BCUT2D eigenvalue weighted by molar-refractivity contribution is 6.03. The number of hydrogen-bond donors (Lipinski definition) is 3. The Morgan fingerprint density at radius 2 is 2.07 bits per heavy atom. The normalized spacial score (nSPS) is 20.1. The highest BCUT2D eigenvalue weighted by atomic mass is 19.4. The molecule has 0 unspecified atom stereocenters. The van der Waals surface area contributed by atoms with Crippen LogP contribution in [0.4, 0.5) is 23.4 Å². The molecule has 5 rings (SSSR count). The number of rotatable bonds is 3. The predicted octanol–water partition coefficient (Wildman–Crippen LogP) is 3.40. The Morgan fingerprint density at radius 1 is 1.20 bits per heavy atom. The summed E-state index contributed by atoms with van der Waals surface area (Å²) in [5.41, 5.74) is 0.126. The van der Waals surface area contributed by atoms with E-state index in [9.17, 15) is 17.6 Å². The summed E-state index contributed by atoms with van der Waals surface area (Å²) >= 11 is 0. The van der Waals surface area contributed by atoms with Crippen molar-refractivity contribution in [3.05, 3.63) is 42.2 Å². The number of halogens is 4. The topological polar surface area (TPSA) is 82.9 Å². The molecule has 5 heterocycles. The maximum absolute atomic E-state index is 13.7. The lowest BCUT2D eigenvalue weighted by molar-refractivity contribution is -0.137. The molecule has 1 aliphatic heterocycles. The first-order chi connectivity index (χ1) is 14.4. The Balaban J connectivity index is 1.63. The van der Waals surface area contributed by atoms with E-state index < -0.39 is 17.9 Å². The minimum atomic E-state index is -4.62. The number of aromatic nitrogens is 5. The minimum absolute atomic E-state index is 0.120. The van der Waals surface area contributed by atoms with Crippen molar-refractivity contribution >= 4 is 22.4 Å². The third kappa shape index (κ3) is 3.24. The van der Waals surface area contributed by atoms with Crippen molar-refractivity contribution in [2.45, 2.75) is 24.8 Å². The largest absolute Gasteiger partial charge is 0.418 e. The van der Waals surface area contributed by atoms with Crippen molar-refractivity contribution in [3.63, 3.8) is 0 Å². The van der Waals surface area contributed by atoms with Gasteiger partial charge in [-0.3, -0.25) is 5.10 Å². The molecule has 1 saturated heterocycles. The van der Waals surface area contributed by atoms with E-state index in [1.54, 1.807) is 28.9 Å². The van der Waals surface area contributed by atoms with E-state index in [4.69, 9.17) is 0 Å². The average Bonchev–Trinajstić information content (AvgIpc) is 3.26. The van der Waals surface area contributed by atoms with Gasteiger partial charge in [-0.15, -0.1) is 5.10 Å². The maximum atomic E-state index is 13.7. The fourth-order valence-corrected chi connectivity index (χ4v) is 3.83. The molecule has 7 nitrogen and oxygen atoms in total. The van der Waals surface area contributed by atoms with E-state index in [0.29, 0.717) is 23.1 Å². The lowest BCUT2D eigenvalue weighted by atomic mass is 10.0. The van der Waals surface area contributed by atoms with Gasteiger partial charge in [0.15, 0.2) is 5.65 Å². The average molecular weight is 419 g/mol. The molecule has 1 aliphatic rings. The molecule has 0 aliphatic carbocycles. The molecule has 0 bridgehead atoms. The molecule has 3 N–H and O–H groups in total. The standard InChI is InChI=1S/C19H17F4N7/c20-10-5-11(8-24-7-10)26-15-6-12(13(9-25-15)19(21,22)23)17-16-14-3-1-2-4-30(14)29-18(16)28-27-17/h1-4,6,9-11,24H,5,7-8H2,(H,25,26)(H,28,29)/t10-,11-/m0/s1. The molecule has 0 spiro atoms. The van der Waals surface area contributed by atoms with Gasteiger partial charge in [0.2, 0.25) is 0 Å². The van der Waals surface area contributed by atoms with Gasteiger partial charge in [-0.05, 0) is 18.2 Å². The van der Waals surface area contributed by atoms with Gasteiger partial charge in [-0.1, -0.05) is 6.07 Å². The van der Waals surface area contributed by atoms with Crippen LogP contribution < -0.4 is 10.6 Å². The van der Waals surface area contributed by atoms with Gasteiger partial charge >= 0.3 is 6.18 Å². The van der Waals surface area contributed by atoms with E-state index >= 15 is 0 Å². The third-order valence-corrected chi connectivity index (χ3v) is 5.16. The molecule has 30 heavy (non-hydrogen) atoms. The number of H-pyrrole nitrogens is 1. The Labute approximate surface area is 167 Å². The van der Waals surface area contributed by atoms with E-state index in [-0.39, 0.29) is 36.1 Å². The van der Waals surface area contributed by atoms with Crippen LogP contribution in [0.5, 0.6) is 0 Å². The quantitative estimate of drug-likeness (QED) is 0.444. The van der Waals surface area contributed by atoms with Crippen LogP contribution in [0.2, 0.25) is 0 Å². The van der Waals surface area contributed by atoms with Gasteiger partial charge < -0.3 is 10.6 Å². The smallest absolute Gasteiger partial charge is 0.366 e. The van der Waals surface area contributed by atoms with Gasteiger partial charge in [0.05, 0.1) is 16.5 Å². The fourth-order valence-electron chi connectivity index (χ4n) is 3.83. The number of hydrogen-bond acceptors (Lipinski definition) is 5. The number of nitrogens with one attached hydrogen (secondary N) is 3. The molecule has 2 atom stereocenters. The summed E-state index contributed by atoms with van der Waals surface area (Å²) in [6, 6.07) is 6.35. The second-order valence-corrected chi connectivity index (χ2v) is 7.27. The molecule has 0 aromatic carbocycles. The SMILES string of the molecule is F[C@@H]1CNC[C@@H](Nc2cc(-c3n[nH]c4nn5ccccc5c34)c(C(F)(F)F)cn2)C1. The molecule has 4 aromatic rings.